The summed E-state index contributed by atoms with van der Waals surface area (Å²) in [6.45, 7) is 4.09. The topological polar surface area (TPSA) is 43.4 Å². The lowest BCUT2D eigenvalue weighted by Gasteiger charge is -2.12. The number of ketones is 1. The molecular formula is C14H17BrO3. The quantitative estimate of drug-likeness (QED) is 0.599. The maximum absolute atomic E-state index is 12.0. The number of Topliss-reactive ketones (excluding diaryl/α,β-unsaturated/α-hetero) is 1. The van der Waals surface area contributed by atoms with Crippen molar-refractivity contribution in [2.24, 2.45) is 0 Å². The van der Waals surface area contributed by atoms with Crippen molar-refractivity contribution in [3.63, 3.8) is 0 Å². The molecule has 98 valence electrons. The lowest BCUT2D eigenvalue weighted by Crippen LogP contribution is -2.14. The van der Waals surface area contributed by atoms with Crippen molar-refractivity contribution in [1.29, 1.82) is 0 Å². The Morgan fingerprint density at radius 1 is 1.22 bits per heavy atom. The average molecular weight is 313 g/mol. The first-order valence-corrected chi connectivity index (χ1v) is 7.11. The highest BCUT2D eigenvalue weighted by Crippen LogP contribution is 2.18. The molecule has 0 unspecified atom stereocenters. The number of ether oxygens (including phenoxy) is 1. The number of benzene rings is 1. The first-order chi connectivity index (χ1) is 8.63. The lowest BCUT2D eigenvalue weighted by molar-refractivity contribution is -0.115. The second-order valence-corrected chi connectivity index (χ2v) is 4.44. The number of alkyl halides is 1. The number of hydrogen-bond donors (Lipinski definition) is 0. The van der Waals surface area contributed by atoms with Crippen molar-refractivity contribution in [3.05, 3.63) is 34.9 Å². The van der Waals surface area contributed by atoms with Crippen molar-refractivity contribution in [2.75, 3.05) is 11.9 Å². The minimum atomic E-state index is -0.340. The van der Waals surface area contributed by atoms with Crippen molar-refractivity contribution < 1.29 is 14.3 Å². The zero-order chi connectivity index (χ0) is 13.5. The SMILES string of the molecule is CCOC(=O)c1c(CC)cccc1CC(=O)CBr. The molecule has 0 bridgehead atoms. The molecule has 4 heteroatoms. The minimum absolute atomic E-state index is 0.0498. The highest BCUT2D eigenvalue weighted by atomic mass is 79.9. The predicted molar refractivity (Wildman–Crippen MR) is 74.3 cm³/mol. The first-order valence-electron chi connectivity index (χ1n) is 5.99. The molecule has 0 heterocycles. The first kappa shape index (κ1) is 14.9. The molecule has 0 aliphatic carbocycles. The van der Waals surface area contributed by atoms with Crippen LogP contribution in [0.2, 0.25) is 0 Å². The zero-order valence-electron chi connectivity index (χ0n) is 10.7. The van der Waals surface area contributed by atoms with E-state index in [9.17, 15) is 9.59 Å². The highest BCUT2D eigenvalue weighted by molar-refractivity contribution is 9.09. The summed E-state index contributed by atoms with van der Waals surface area (Å²) in [5, 5.41) is 0.297. The molecule has 1 aromatic rings. The standard InChI is InChI=1S/C14H17BrO3/c1-3-10-6-5-7-11(8-12(16)9-15)13(10)14(17)18-4-2/h5-7H,3-4,8-9H2,1-2H3. The van der Waals surface area contributed by atoms with Crippen LogP contribution in [0.25, 0.3) is 0 Å². The molecule has 0 saturated heterocycles. The molecule has 3 nitrogen and oxygen atoms in total. The van der Waals surface area contributed by atoms with Gasteiger partial charge in [0.2, 0.25) is 0 Å². The summed E-state index contributed by atoms with van der Waals surface area (Å²) in [5.41, 5.74) is 2.22. The molecule has 0 aromatic heterocycles. The molecule has 0 aliphatic rings. The van der Waals surface area contributed by atoms with Gasteiger partial charge < -0.3 is 4.74 Å². The van der Waals surface area contributed by atoms with Gasteiger partial charge in [-0.15, -0.1) is 0 Å². The Morgan fingerprint density at radius 2 is 1.89 bits per heavy atom. The van der Waals surface area contributed by atoms with Gasteiger partial charge in [-0.2, -0.15) is 0 Å². The number of halogens is 1. The van der Waals surface area contributed by atoms with Gasteiger partial charge >= 0.3 is 5.97 Å². The molecule has 0 spiro atoms. The summed E-state index contributed by atoms with van der Waals surface area (Å²) in [6, 6.07) is 5.58. The van der Waals surface area contributed by atoms with E-state index in [1.807, 2.05) is 25.1 Å². The fraction of sp³-hybridized carbons (Fsp3) is 0.429. The van der Waals surface area contributed by atoms with Crippen LogP contribution >= 0.6 is 15.9 Å². The fourth-order valence-corrected chi connectivity index (χ4v) is 2.02. The highest BCUT2D eigenvalue weighted by Gasteiger charge is 2.17. The average Bonchev–Trinajstić information content (AvgIpc) is 2.38. The van der Waals surface area contributed by atoms with E-state index in [-0.39, 0.29) is 18.2 Å². The Kier molecular flexibility index (Phi) is 6.05. The van der Waals surface area contributed by atoms with E-state index in [1.54, 1.807) is 6.92 Å². The van der Waals surface area contributed by atoms with Gasteiger partial charge in [-0.1, -0.05) is 41.1 Å². The minimum Gasteiger partial charge on any atom is -0.462 e. The summed E-state index contributed by atoms with van der Waals surface area (Å²) < 4.78 is 5.06. The third kappa shape index (κ3) is 3.67. The van der Waals surface area contributed by atoms with Crippen LogP contribution < -0.4 is 0 Å². The smallest absolute Gasteiger partial charge is 0.338 e. The maximum atomic E-state index is 12.0. The number of rotatable bonds is 6. The second kappa shape index (κ2) is 7.31. The maximum Gasteiger partial charge on any atom is 0.338 e. The molecule has 0 aliphatic heterocycles. The van der Waals surface area contributed by atoms with Gasteiger partial charge in [-0.05, 0) is 24.5 Å². The summed E-state index contributed by atoms with van der Waals surface area (Å²) in [4.78, 5) is 23.5. The molecule has 0 amide bonds. The van der Waals surface area contributed by atoms with Crippen molar-refractivity contribution in [2.45, 2.75) is 26.7 Å². The summed E-state index contributed by atoms with van der Waals surface area (Å²) in [7, 11) is 0. The second-order valence-electron chi connectivity index (χ2n) is 3.87. The van der Waals surface area contributed by atoms with E-state index in [1.165, 1.54) is 0 Å². The van der Waals surface area contributed by atoms with E-state index >= 15 is 0 Å². The molecule has 18 heavy (non-hydrogen) atoms. The third-order valence-electron chi connectivity index (χ3n) is 2.63. The molecular weight excluding hydrogens is 296 g/mol. The zero-order valence-corrected chi connectivity index (χ0v) is 12.2. The number of carbonyl (C=O) groups excluding carboxylic acids is 2. The van der Waals surface area contributed by atoms with E-state index in [4.69, 9.17) is 4.74 Å². The monoisotopic (exact) mass is 312 g/mol. The Bertz CT molecular complexity index is 441. The molecule has 1 aromatic carbocycles. The van der Waals surface area contributed by atoms with Gasteiger partial charge in [0.15, 0.2) is 0 Å². The molecule has 1 rings (SSSR count). The Morgan fingerprint density at radius 3 is 2.44 bits per heavy atom. The van der Waals surface area contributed by atoms with Gasteiger partial charge in [-0.25, -0.2) is 4.79 Å². The van der Waals surface area contributed by atoms with Gasteiger partial charge in [0.1, 0.15) is 5.78 Å². The predicted octanol–water partition coefficient (Wildman–Crippen LogP) is 2.93. The normalized spacial score (nSPS) is 10.2. The number of hydrogen-bond acceptors (Lipinski definition) is 3. The van der Waals surface area contributed by atoms with Gasteiger partial charge in [-0.3, -0.25) is 4.79 Å². The largest absolute Gasteiger partial charge is 0.462 e. The van der Waals surface area contributed by atoms with E-state index in [0.717, 1.165) is 17.5 Å². The molecule has 0 radical (unpaired) electrons. The van der Waals surface area contributed by atoms with E-state index < -0.39 is 0 Å². The van der Waals surface area contributed by atoms with E-state index in [2.05, 4.69) is 15.9 Å². The van der Waals surface area contributed by atoms with Crippen LogP contribution in [0.1, 0.15) is 35.3 Å². The van der Waals surface area contributed by atoms with Crippen LogP contribution in [-0.2, 0) is 22.4 Å². The van der Waals surface area contributed by atoms with Crippen LogP contribution in [0.3, 0.4) is 0 Å². The van der Waals surface area contributed by atoms with Crippen LogP contribution in [0.15, 0.2) is 18.2 Å². The van der Waals surface area contributed by atoms with Crippen molar-refractivity contribution >= 4 is 27.7 Å². The van der Waals surface area contributed by atoms with Crippen LogP contribution in [-0.4, -0.2) is 23.7 Å². The Labute approximate surface area is 116 Å². The van der Waals surface area contributed by atoms with Crippen molar-refractivity contribution in [1.82, 2.24) is 0 Å². The molecule has 0 saturated carbocycles. The Balaban J connectivity index is 3.15. The number of aryl methyl sites for hydroxylation is 1. The molecule has 0 N–H and O–H groups in total. The number of esters is 1. The van der Waals surface area contributed by atoms with Crippen LogP contribution in [0.4, 0.5) is 0 Å². The van der Waals surface area contributed by atoms with Gasteiger partial charge in [0.05, 0.1) is 17.5 Å². The fourth-order valence-electron chi connectivity index (χ4n) is 1.82. The van der Waals surface area contributed by atoms with Crippen LogP contribution in [0.5, 0.6) is 0 Å². The summed E-state index contributed by atoms with van der Waals surface area (Å²) in [5.74, 6) is -0.291. The van der Waals surface area contributed by atoms with E-state index in [0.29, 0.717) is 17.5 Å². The lowest BCUT2D eigenvalue weighted by atomic mass is 9.96. The number of carbonyl (C=O) groups is 2. The van der Waals surface area contributed by atoms with Gasteiger partial charge in [0, 0.05) is 6.42 Å². The molecule has 0 fully saturated rings. The van der Waals surface area contributed by atoms with Crippen molar-refractivity contribution in [3.8, 4) is 0 Å². The van der Waals surface area contributed by atoms with Crippen LogP contribution in [0, 0.1) is 0 Å². The molecule has 0 atom stereocenters. The Hall–Kier alpha value is -1.16. The summed E-state index contributed by atoms with van der Waals surface area (Å²) in [6.07, 6.45) is 0.998. The summed E-state index contributed by atoms with van der Waals surface area (Å²) >= 11 is 3.13. The third-order valence-corrected chi connectivity index (χ3v) is 3.26. The van der Waals surface area contributed by atoms with Gasteiger partial charge in [0.25, 0.3) is 0 Å².